The zero-order chi connectivity index (χ0) is 19.4. The number of aromatic nitrogens is 2. The van der Waals surface area contributed by atoms with Crippen LogP contribution >= 0.6 is 0 Å². The molecule has 27 heavy (non-hydrogen) atoms. The first-order valence-electron chi connectivity index (χ1n) is 8.47. The van der Waals surface area contributed by atoms with Crippen molar-refractivity contribution in [3.8, 4) is 5.69 Å². The van der Waals surface area contributed by atoms with Crippen LogP contribution in [0.2, 0.25) is 0 Å². The first-order valence-corrected chi connectivity index (χ1v) is 10.4. The predicted octanol–water partition coefficient (Wildman–Crippen LogP) is 1.98. The number of nitrogens with zero attached hydrogens (tertiary/aromatic N) is 2. The van der Waals surface area contributed by atoms with Gasteiger partial charge in [0.15, 0.2) is 5.69 Å². The molecule has 0 fully saturated rings. The van der Waals surface area contributed by atoms with E-state index in [1.807, 2.05) is 6.07 Å². The molecule has 0 bridgehead atoms. The highest BCUT2D eigenvalue weighted by molar-refractivity contribution is 7.88. The number of sulfonamides is 1. The Morgan fingerprint density at radius 3 is 2.70 bits per heavy atom. The molecule has 1 N–H and O–H groups in total. The largest absolute Gasteiger partial charge is 0.435 e. The Morgan fingerprint density at radius 2 is 2.00 bits per heavy atom. The number of rotatable bonds is 3. The second-order valence-corrected chi connectivity index (χ2v) is 8.71. The standard InChI is InChI=1S/C17H18F3N3O3S/c1-27(24,25)22-12-6-10-2-3-13(8-11(10)7-12)23-15-4-5-26-9-14(15)16(21-23)17(18,19)20/h2-3,8,12,22H,4-7,9H2,1H3. The summed E-state index contributed by atoms with van der Waals surface area (Å²) in [5.74, 6) is 0. The summed E-state index contributed by atoms with van der Waals surface area (Å²) in [6.45, 7) is 0.247. The number of hydrogen-bond donors (Lipinski definition) is 1. The molecule has 0 amide bonds. The van der Waals surface area contributed by atoms with E-state index < -0.39 is 21.9 Å². The summed E-state index contributed by atoms with van der Waals surface area (Å²) in [5, 5.41) is 3.84. The molecule has 0 saturated heterocycles. The Balaban J connectivity index is 1.71. The molecule has 6 nitrogen and oxygen atoms in total. The second kappa shape index (κ2) is 6.32. The predicted molar refractivity (Wildman–Crippen MR) is 91.1 cm³/mol. The minimum Gasteiger partial charge on any atom is -0.376 e. The quantitative estimate of drug-likeness (QED) is 0.854. The van der Waals surface area contributed by atoms with Crippen LogP contribution in [0.3, 0.4) is 0 Å². The van der Waals surface area contributed by atoms with Crippen molar-refractivity contribution >= 4 is 10.0 Å². The van der Waals surface area contributed by atoms with E-state index in [1.165, 1.54) is 4.68 Å². The number of fused-ring (bicyclic) bond motifs is 2. The van der Waals surface area contributed by atoms with E-state index in [1.54, 1.807) is 12.1 Å². The molecule has 2 heterocycles. The van der Waals surface area contributed by atoms with E-state index in [4.69, 9.17) is 4.74 Å². The van der Waals surface area contributed by atoms with Crippen LogP contribution in [0, 0.1) is 0 Å². The molecule has 2 aliphatic rings. The monoisotopic (exact) mass is 401 g/mol. The Labute approximate surface area is 154 Å². The molecule has 4 rings (SSSR count). The maximum Gasteiger partial charge on any atom is 0.435 e. The molecular weight excluding hydrogens is 383 g/mol. The SMILES string of the molecule is CS(=O)(=O)NC1Cc2ccc(-n3nc(C(F)(F)F)c4c3CCOC4)cc2C1. The van der Waals surface area contributed by atoms with Gasteiger partial charge < -0.3 is 4.74 Å². The zero-order valence-corrected chi connectivity index (χ0v) is 15.3. The van der Waals surface area contributed by atoms with Crippen LogP contribution in [-0.4, -0.2) is 37.1 Å². The van der Waals surface area contributed by atoms with Crippen molar-refractivity contribution in [1.82, 2.24) is 14.5 Å². The zero-order valence-electron chi connectivity index (χ0n) is 14.5. The Bertz CT molecular complexity index is 999. The van der Waals surface area contributed by atoms with Crippen molar-refractivity contribution in [2.24, 2.45) is 0 Å². The third-order valence-corrected chi connectivity index (χ3v) is 5.60. The van der Waals surface area contributed by atoms with Gasteiger partial charge in [-0.1, -0.05) is 6.07 Å². The number of ether oxygens (including phenoxy) is 1. The Kier molecular flexibility index (Phi) is 4.32. The fraction of sp³-hybridized carbons (Fsp3) is 0.471. The minimum atomic E-state index is -4.54. The van der Waals surface area contributed by atoms with Crippen LogP contribution in [0.4, 0.5) is 13.2 Å². The van der Waals surface area contributed by atoms with Crippen molar-refractivity contribution in [1.29, 1.82) is 0 Å². The van der Waals surface area contributed by atoms with E-state index in [9.17, 15) is 21.6 Å². The minimum absolute atomic E-state index is 0.0888. The van der Waals surface area contributed by atoms with Gasteiger partial charge in [0.2, 0.25) is 10.0 Å². The molecule has 1 unspecified atom stereocenters. The molecule has 0 spiro atoms. The van der Waals surface area contributed by atoms with Gasteiger partial charge in [0, 0.05) is 18.0 Å². The van der Waals surface area contributed by atoms with Crippen molar-refractivity contribution in [3.05, 3.63) is 46.3 Å². The van der Waals surface area contributed by atoms with Crippen LogP contribution in [-0.2, 0) is 46.8 Å². The molecule has 0 radical (unpaired) electrons. The summed E-state index contributed by atoms with van der Waals surface area (Å²) in [7, 11) is -3.32. The third-order valence-electron chi connectivity index (χ3n) is 4.84. The van der Waals surface area contributed by atoms with Gasteiger partial charge in [0.25, 0.3) is 0 Å². The van der Waals surface area contributed by atoms with E-state index in [0.29, 0.717) is 37.3 Å². The Morgan fingerprint density at radius 1 is 1.26 bits per heavy atom. The van der Waals surface area contributed by atoms with Gasteiger partial charge in [-0.25, -0.2) is 17.8 Å². The van der Waals surface area contributed by atoms with Gasteiger partial charge >= 0.3 is 6.18 Å². The van der Waals surface area contributed by atoms with Crippen LogP contribution in [0.15, 0.2) is 18.2 Å². The molecule has 1 aromatic carbocycles. The van der Waals surface area contributed by atoms with Crippen LogP contribution < -0.4 is 4.72 Å². The second-order valence-electron chi connectivity index (χ2n) is 6.93. The van der Waals surface area contributed by atoms with Gasteiger partial charge in [-0.15, -0.1) is 0 Å². The number of hydrogen-bond acceptors (Lipinski definition) is 4. The third kappa shape index (κ3) is 3.61. The van der Waals surface area contributed by atoms with E-state index in [0.717, 1.165) is 17.4 Å². The molecule has 1 atom stereocenters. The molecule has 1 aromatic heterocycles. The molecule has 10 heteroatoms. The lowest BCUT2D eigenvalue weighted by atomic mass is 10.1. The van der Waals surface area contributed by atoms with E-state index >= 15 is 0 Å². The lowest BCUT2D eigenvalue weighted by Gasteiger charge is -2.16. The van der Waals surface area contributed by atoms with Gasteiger partial charge in [-0.3, -0.25) is 0 Å². The molecule has 1 aliphatic heterocycles. The van der Waals surface area contributed by atoms with Crippen molar-refractivity contribution in [2.45, 2.75) is 38.1 Å². The van der Waals surface area contributed by atoms with Crippen molar-refractivity contribution in [2.75, 3.05) is 12.9 Å². The first kappa shape index (κ1) is 18.5. The van der Waals surface area contributed by atoms with Crippen molar-refractivity contribution < 1.29 is 26.3 Å². The number of alkyl halides is 3. The topological polar surface area (TPSA) is 73.2 Å². The highest BCUT2D eigenvalue weighted by atomic mass is 32.2. The lowest BCUT2D eigenvalue weighted by molar-refractivity contribution is -0.142. The van der Waals surface area contributed by atoms with Gasteiger partial charge in [-0.2, -0.15) is 18.3 Å². The van der Waals surface area contributed by atoms with Gasteiger partial charge in [-0.05, 0) is 36.1 Å². The molecule has 146 valence electrons. The summed E-state index contributed by atoms with van der Waals surface area (Å²) in [6, 6.07) is 5.11. The fourth-order valence-corrected chi connectivity index (χ4v) is 4.57. The fourth-order valence-electron chi connectivity index (χ4n) is 3.80. The maximum atomic E-state index is 13.3. The summed E-state index contributed by atoms with van der Waals surface area (Å²) in [4.78, 5) is 0. The number of benzene rings is 1. The lowest BCUT2D eigenvalue weighted by Crippen LogP contribution is -2.34. The average molecular weight is 401 g/mol. The van der Waals surface area contributed by atoms with Gasteiger partial charge in [0.05, 0.1) is 30.9 Å². The van der Waals surface area contributed by atoms with Crippen LogP contribution in [0.25, 0.3) is 5.69 Å². The van der Waals surface area contributed by atoms with Crippen LogP contribution in [0.1, 0.15) is 28.1 Å². The molecule has 2 aromatic rings. The van der Waals surface area contributed by atoms with Crippen molar-refractivity contribution in [3.63, 3.8) is 0 Å². The van der Waals surface area contributed by atoms with Gasteiger partial charge in [0.1, 0.15) is 0 Å². The summed E-state index contributed by atoms with van der Waals surface area (Å²) < 4.78 is 72.0. The van der Waals surface area contributed by atoms with E-state index in [-0.39, 0.29) is 18.2 Å². The average Bonchev–Trinajstić information content (AvgIpc) is 3.12. The molecule has 1 aliphatic carbocycles. The molecule has 0 saturated carbocycles. The van der Waals surface area contributed by atoms with Crippen LogP contribution in [0.5, 0.6) is 0 Å². The Hall–Kier alpha value is -1.91. The first-order chi connectivity index (χ1) is 12.6. The number of nitrogens with one attached hydrogen (secondary N) is 1. The highest BCUT2D eigenvalue weighted by Gasteiger charge is 2.40. The normalized spacial score (nSPS) is 19.8. The summed E-state index contributed by atoms with van der Waals surface area (Å²) in [6.07, 6.45) is -2.03. The summed E-state index contributed by atoms with van der Waals surface area (Å²) >= 11 is 0. The van der Waals surface area contributed by atoms with E-state index in [2.05, 4.69) is 9.82 Å². The summed E-state index contributed by atoms with van der Waals surface area (Å²) in [5.41, 5.74) is 2.14. The maximum absolute atomic E-state index is 13.3. The smallest absolute Gasteiger partial charge is 0.376 e. The number of halogens is 3. The molecular formula is C17H18F3N3O3S. The highest BCUT2D eigenvalue weighted by Crippen LogP contribution is 2.36.